The first-order chi connectivity index (χ1) is 8.24. The Labute approximate surface area is 127 Å². The molecular formula is C14H17N2O2Pd-. The summed E-state index contributed by atoms with van der Waals surface area (Å²) in [7, 11) is 0. The molecule has 0 saturated heterocycles. The Morgan fingerprint density at radius 1 is 1.21 bits per heavy atom. The molecule has 0 aliphatic carbocycles. The zero-order valence-corrected chi connectivity index (χ0v) is 12.3. The Bertz CT molecular complexity index is 461. The fraction of sp³-hybridized carbons (Fsp3) is 0.143. The molecule has 0 spiro atoms. The Morgan fingerprint density at radius 3 is 2.21 bits per heavy atom. The summed E-state index contributed by atoms with van der Waals surface area (Å²) in [5, 5.41) is 11.4. The molecule has 2 rings (SSSR count). The van der Waals surface area contributed by atoms with Crippen LogP contribution in [-0.2, 0) is 20.4 Å². The second-order valence-electron chi connectivity index (χ2n) is 3.49. The van der Waals surface area contributed by atoms with Crippen LogP contribution < -0.4 is 0 Å². The molecule has 0 bridgehead atoms. The van der Waals surface area contributed by atoms with Gasteiger partial charge in [-0.1, -0.05) is 6.92 Å². The van der Waals surface area contributed by atoms with Gasteiger partial charge in [0.15, 0.2) is 0 Å². The molecular weight excluding hydrogens is 335 g/mol. The molecule has 1 heterocycles. The molecule has 0 radical (unpaired) electrons. The molecule has 5 heteroatoms. The van der Waals surface area contributed by atoms with Gasteiger partial charge in [0.2, 0.25) is 0 Å². The van der Waals surface area contributed by atoms with E-state index in [9.17, 15) is 0 Å². The van der Waals surface area contributed by atoms with Crippen molar-refractivity contribution in [1.29, 1.82) is 0 Å². The quantitative estimate of drug-likeness (QED) is 0.281. The number of nitrogens with zero attached hydrogens (tertiary/aromatic N) is 2. The van der Waals surface area contributed by atoms with E-state index in [1.807, 2.05) is 37.3 Å². The average molecular weight is 352 g/mol. The Hall–Kier alpha value is -1.54. The third-order valence-corrected chi connectivity index (χ3v) is 2.10. The molecule has 0 fully saturated rings. The molecule has 0 amide bonds. The van der Waals surface area contributed by atoms with Gasteiger partial charge in [0.05, 0.1) is 0 Å². The van der Waals surface area contributed by atoms with Crippen molar-refractivity contribution in [3.8, 4) is 0 Å². The first-order valence-electron chi connectivity index (χ1n) is 5.26. The summed E-state index contributed by atoms with van der Waals surface area (Å²) in [6, 6.07) is 14.2. The summed E-state index contributed by atoms with van der Waals surface area (Å²) < 4.78 is 0. The summed E-state index contributed by atoms with van der Waals surface area (Å²) in [5.74, 6) is 0. The Kier molecular flexibility index (Phi) is 12.0. The molecule has 1 aromatic heterocycles. The topological polar surface area (TPSA) is 77.0 Å². The maximum atomic E-state index is 8.36. The van der Waals surface area contributed by atoms with E-state index in [1.165, 1.54) is 5.56 Å². The predicted molar refractivity (Wildman–Crippen MR) is 71.9 cm³/mol. The van der Waals surface area contributed by atoms with Crippen LogP contribution in [0.1, 0.15) is 18.1 Å². The summed E-state index contributed by atoms with van der Waals surface area (Å²) in [4.78, 5) is 3.85. The van der Waals surface area contributed by atoms with Gasteiger partial charge in [0.25, 0.3) is 0 Å². The van der Waals surface area contributed by atoms with E-state index in [1.54, 1.807) is 25.4 Å². The van der Waals surface area contributed by atoms with Crippen LogP contribution in [0.5, 0.6) is 0 Å². The number of aryl methyl sites for hydroxylation is 1. The number of oxime groups is 1. The van der Waals surface area contributed by atoms with Crippen LogP contribution in [-0.4, -0.2) is 21.4 Å². The second kappa shape index (κ2) is 11.5. The van der Waals surface area contributed by atoms with Gasteiger partial charge < -0.3 is 10.7 Å². The second-order valence-corrected chi connectivity index (χ2v) is 3.49. The number of aromatic nitrogens is 1. The molecule has 0 unspecified atom stereocenters. The number of hydrogen-bond acceptors (Lipinski definition) is 3. The maximum Gasteiger partial charge on any atom is 0.0270 e. The molecule has 3 N–H and O–H groups in total. The summed E-state index contributed by atoms with van der Waals surface area (Å²) in [6.45, 7) is 3.77. The molecule has 1 aromatic carbocycles. The van der Waals surface area contributed by atoms with Crippen LogP contribution in [0, 0.1) is 13.0 Å². The standard InChI is InChI=1S/C8H8NO.C6H7N.H2O.Pd/c1-7(9-10)8-5-3-2-4-6-8;1-6-2-4-7-5-3-6;;/h2-5,10H,1H3;2-5H,1H3;1H2;/q-1;;;. The minimum Gasteiger partial charge on any atom is -0.420 e. The smallest absolute Gasteiger partial charge is 0.0270 e. The van der Waals surface area contributed by atoms with E-state index in [-0.39, 0.29) is 25.9 Å². The zero-order chi connectivity index (χ0) is 12.5. The minimum atomic E-state index is 0. The Balaban J connectivity index is 0. The van der Waals surface area contributed by atoms with E-state index in [0.717, 1.165) is 5.56 Å². The van der Waals surface area contributed by atoms with Crippen LogP contribution in [0.15, 0.2) is 53.9 Å². The molecule has 0 aliphatic rings. The SMILES string of the molecule is CC(=NO)c1[c-]cccc1.Cc1ccncc1.O.[Pd]. The largest absolute Gasteiger partial charge is 0.420 e. The number of rotatable bonds is 1. The van der Waals surface area contributed by atoms with Crippen molar-refractivity contribution in [2.45, 2.75) is 13.8 Å². The van der Waals surface area contributed by atoms with Gasteiger partial charge in [-0.05, 0) is 24.6 Å². The molecule has 2 aromatic rings. The van der Waals surface area contributed by atoms with Gasteiger partial charge in [-0.25, -0.2) is 0 Å². The predicted octanol–water partition coefficient (Wildman–Crippen LogP) is 2.25. The molecule has 0 atom stereocenters. The monoisotopic (exact) mass is 351 g/mol. The zero-order valence-electron chi connectivity index (χ0n) is 10.8. The summed E-state index contributed by atoms with van der Waals surface area (Å²) in [5.41, 5.74) is 2.67. The normalized spacial score (nSPS) is 9.26. The summed E-state index contributed by atoms with van der Waals surface area (Å²) >= 11 is 0. The van der Waals surface area contributed by atoms with Crippen LogP contribution in [0.3, 0.4) is 0 Å². The third-order valence-electron chi connectivity index (χ3n) is 2.10. The van der Waals surface area contributed by atoms with E-state index < -0.39 is 0 Å². The van der Waals surface area contributed by atoms with Crippen LogP contribution in [0.25, 0.3) is 0 Å². The first kappa shape index (κ1) is 19.8. The van der Waals surface area contributed by atoms with Gasteiger partial charge in [-0.3, -0.25) is 4.98 Å². The molecule has 106 valence electrons. The average Bonchev–Trinajstić information content (AvgIpc) is 2.40. The van der Waals surface area contributed by atoms with Crippen molar-refractivity contribution in [1.82, 2.24) is 4.98 Å². The third kappa shape index (κ3) is 8.22. The maximum absolute atomic E-state index is 8.36. The van der Waals surface area contributed by atoms with Gasteiger partial charge >= 0.3 is 0 Å². The van der Waals surface area contributed by atoms with Crippen molar-refractivity contribution in [2.24, 2.45) is 5.16 Å². The minimum absolute atomic E-state index is 0. The van der Waals surface area contributed by atoms with Crippen LogP contribution >= 0.6 is 0 Å². The fourth-order valence-electron chi connectivity index (χ4n) is 1.10. The fourth-order valence-corrected chi connectivity index (χ4v) is 1.10. The molecule has 4 nitrogen and oxygen atoms in total. The van der Waals surface area contributed by atoms with Crippen molar-refractivity contribution in [3.63, 3.8) is 0 Å². The van der Waals surface area contributed by atoms with Crippen LogP contribution in [0.4, 0.5) is 0 Å². The van der Waals surface area contributed by atoms with E-state index in [4.69, 9.17) is 5.21 Å². The number of benzene rings is 1. The summed E-state index contributed by atoms with van der Waals surface area (Å²) in [6.07, 6.45) is 3.57. The Morgan fingerprint density at radius 2 is 1.84 bits per heavy atom. The first-order valence-corrected chi connectivity index (χ1v) is 5.26. The molecule has 0 saturated carbocycles. The van der Waals surface area contributed by atoms with Crippen molar-refractivity contribution >= 4 is 5.71 Å². The molecule has 0 aliphatic heterocycles. The van der Waals surface area contributed by atoms with E-state index in [0.29, 0.717) is 5.71 Å². The number of pyridine rings is 1. The van der Waals surface area contributed by atoms with Gasteiger partial charge in [-0.15, -0.1) is 41.1 Å². The number of hydrogen-bond donors (Lipinski definition) is 1. The van der Waals surface area contributed by atoms with Gasteiger partial charge in [0, 0.05) is 38.5 Å². The van der Waals surface area contributed by atoms with Crippen molar-refractivity contribution < 1.29 is 31.1 Å². The van der Waals surface area contributed by atoms with E-state index >= 15 is 0 Å². The van der Waals surface area contributed by atoms with Gasteiger partial charge in [-0.2, -0.15) is 0 Å². The van der Waals surface area contributed by atoms with Gasteiger partial charge in [0.1, 0.15) is 0 Å². The van der Waals surface area contributed by atoms with Crippen molar-refractivity contribution in [3.05, 3.63) is 66.0 Å². The van der Waals surface area contributed by atoms with Crippen molar-refractivity contribution in [2.75, 3.05) is 0 Å². The van der Waals surface area contributed by atoms with E-state index in [2.05, 4.69) is 16.2 Å². The van der Waals surface area contributed by atoms with Crippen LogP contribution in [0.2, 0.25) is 0 Å². The molecule has 19 heavy (non-hydrogen) atoms.